The number of para-hydroxylation sites is 1. The van der Waals surface area contributed by atoms with E-state index in [-0.39, 0.29) is 11.9 Å². The number of carbonyl (C=O) groups is 2. The number of methoxy groups -OCH3 is 1. The van der Waals surface area contributed by atoms with Crippen molar-refractivity contribution < 1.29 is 14.3 Å². The van der Waals surface area contributed by atoms with Gasteiger partial charge in [0.15, 0.2) is 0 Å². The third kappa shape index (κ3) is 4.99. The molecule has 1 aromatic heterocycles. The number of amides is 1. The van der Waals surface area contributed by atoms with Crippen molar-refractivity contribution in [2.24, 2.45) is 0 Å². The van der Waals surface area contributed by atoms with E-state index in [2.05, 4.69) is 34.2 Å². The van der Waals surface area contributed by atoms with E-state index in [1.165, 1.54) is 7.11 Å². The summed E-state index contributed by atoms with van der Waals surface area (Å²) < 4.78 is 4.69. The molecule has 0 unspecified atom stereocenters. The summed E-state index contributed by atoms with van der Waals surface area (Å²) in [4.78, 5) is 28.3. The van der Waals surface area contributed by atoms with Gasteiger partial charge in [-0.15, -0.1) is 0 Å². The van der Waals surface area contributed by atoms with Gasteiger partial charge in [-0.3, -0.25) is 4.79 Å². The number of hydrogen-bond donors (Lipinski definition) is 2. The Kier molecular flexibility index (Phi) is 6.24. The lowest BCUT2D eigenvalue weighted by Crippen LogP contribution is -2.15. The minimum Gasteiger partial charge on any atom is -0.465 e. The number of carbonyl (C=O) groups excluding carboxylic acids is 2. The fourth-order valence-corrected chi connectivity index (χ4v) is 2.88. The third-order valence-corrected chi connectivity index (χ3v) is 4.42. The first kappa shape index (κ1) is 20.1. The van der Waals surface area contributed by atoms with Crippen LogP contribution >= 0.6 is 0 Å². The summed E-state index contributed by atoms with van der Waals surface area (Å²) in [6, 6.07) is 18.1. The highest BCUT2D eigenvalue weighted by Crippen LogP contribution is 2.24. The Morgan fingerprint density at radius 1 is 0.931 bits per heavy atom. The second kappa shape index (κ2) is 9.01. The van der Waals surface area contributed by atoms with Crippen LogP contribution in [-0.4, -0.2) is 24.0 Å². The van der Waals surface area contributed by atoms with Crippen LogP contribution in [0.5, 0.6) is 0 Å². The second-order valence-electron chi connectivity index (χ2n) is 6.82. The molecule has 2 aromatic carbocycles. The van der Waals surface area contributed by atoms with Gasteiger partial charge in [0.05, 0.1) is 24.6 Å². The van der Waals surface area contributed by atoms with Crippen LogP contribution in [0.2, 0.25) is 0 Å². The highest BCUT2D eigenvalue weighted by atomic mass is 16.5. The molecule has 0 radical (unpaired) electrons. The van der Waals surface area contributed by atoms with E-state index in [9.17, 15) is 9.59 Å². The van der Waals surface area contributed by atoms with E-state index in [0.717, 1.165) is 22.6 Å². The van der Waals surface area contributed by atoms with Crippen molar-refractivity contribution in [2.45, 2.75) is 19.8 Å². The molecule has 6 heteroatoms. The van der Waals surface area contributed by atoms with Crippen molar-refractivity contribution in [1.82, 2.24) is 4.98 Å². The molecule has 3 rings (SSSR count). The number of esters is 1. The first-order chi connectivity index (χ1) is 14.0. The van der Waals surface area contributed by atoms with Crippen molar-refractivity contribution in [1.29, 1.82) is 0 Å². The lowest BCUT2D eigenvalue weighted by atomic mass is 10.0. The van der Waals surface area contributed by atoms with Gasteiger partial charge in [0.25, 0.3) is 5.91 Å². The van der Waals surface area contributed by atoms with Crippen LogP contribution in [0.15, 0.2) is 66.9 Å². The predicted molar refractivity (Wildman–Crippen MR) is 114 cm³/mol. The molecule has 0 bridgehead atoms. The van der Waals surface area contributed by atoms with E-state index in [1.807, 2.05) is 24.3 Å². The van der Waals surface area contributed by atoms with Crippen molar-refractivity contribution >= 4 is 28.9 Å². The maximum atomic E-state index is 12.6. The van der Waals surface area contributed by atoms with Gasteiger partial charge in [-0.05, 0) is 53.9 Å². The maximum absolute atomic E-state index is 12.6. The van der Waals surface area contributed by atoms with Crippen LogP contribution in [0, 0.1) is 0 Å². The van der Waals surface area contributed by atoms with Crippen molar-refractivity contribution in [3.63, 3.8) is 0 Å². The topological polar surface area (TPSA) is 80.3 Å². The Balaban J connectivity index is 1.67. The van der Waals surface area contributed by atoms with Crippen LogP contribution in [-0.2, 0) is 4.74 Å². The van der Waals surface area contributed by atoms with Gasteiger partial charge in [0.1, 0.15) is 5.69 Å². The highest BCUT2D eigenvalue weighted by molar-refractivity contribution is 6.03. The second-order valence-corrected chi connectivity index (χ2v) is 6.82. The Morgan fingerprint density at radius 2 is 1.62 bits per heavy atom. The smallest absolute Gasteiger partial charge is 0.337 e. The largest absolute Gasteiger partial charge is 0.465 e. The standard InChI is InChI=1S/C23H23N3O3/c1-15(2)19-6-4-5-7-20(19)26-22(27)21-13-12-18(14-24-21)25-17-10-8-16(9-11-17)23(28)29-3/h4-15,25H,1-3H3,(H,26,27). The lowest BCUT2D eigenvalue weighted by molar-refractivity contribution is 0.0600. The fraction of sp³-hybridized carbons (Fsp3) is 0.174. The van der Waals surface area contributed by atoms with Crippen LogP contribution in [0.4, 0.5) is 17.1 Å². The predicted octanol–water partition coefficient (Wildman–Crippen LogP) is 4.99. The molecule has 148 valence electrons. The number of nitrogens with one attached hydrogen (secondary N) is 2. The van der Waals surface area contributed by atoms with E-state index in [4.69, 9.17) is 0 Å². The summed E-state index contributed by atoms with van der Waals surface area (Å²) in [5, 5.41) is 6.12. The summed E-state index contributed by atoms with van der Waals surface area (Å²) in [7, 11) is 1.35. The molecule has 1 heterocycles. The van der Waals surface area contributed by atoms with Gasteiger partial charge < -0.3 is 15.4 Å². The monoisotopic (exact) mass is 389 g/mol. The molecular weight excluding hydrogens is 366 g/mol. The average Bonchev–Trinajstić information content (AvgIpc) is 2.74. The van der Waals surface area contributed by atoms with Crippen LogP contribution < -0.4 is 10.6 Å². The summed E-state index contributed by atoms with van der Waals surface area (Å²) in [5.41, 5.74) is 4.20. The number of aromatic nitrogens is 1. The lowest BCUT2D eigenvalue weighted by Gasteiger charge is -2.13. The average molecular weight is 389 g/mol. The molecule has 1 amide bonds. The van der Waals surface area contributed by atoms with Gasteiger partial charge in [-0.1, -0.05) is 32.0 Å². The summed E-state index contributed by atoms with van der Waals surface area (Å²) in [6.45, 7) is 4.17. The molecule has 2 N–H and O–H groups in total. The SMILES string of the molecule is COC(=O)c1ccc(Nc2ccc(C(=O)Nc3ccccc3C(C)C)nc2)cc1. The number of rotatable bonds is 6. The molecule has 3 aromatic rings. The molecule has 0 fully saturated rings. The zero-order valence-electron chi connectivity index (χ0n) is 16.6. The minimum atomic E-state index is -0.382. The first-order valence-corrected chi connectivity index (χ1v) is 9.29. The number of benzene rings is 2. The molecular formula is C23H23N3O3. The number of hydrogen-bond acceptors (Lipinski definition) is 5. The fourth-order valence-electron chi connectivity index (χ4n) is 2.88. The molecule has 0 aliphatic rings. The van der Waals surface area contributed by atoms with E-state index < -0.39 is 0 Å². The van der Waals surface area contributed by atoms with Gasteiger partial charge in [0.2, 0.25) is 0 Å². The molecule has 0 spiro atoms. The Morgan fingerprint density at radius 3 is 2.24 bits per heavy atom. The van der Waals surface area contributed by atoms with Gasteiger partial charge in [0, 0.05) is 11.4 Å². The van der Waals surface area contributed by atoms with Gasteiger partial charge in [-0.2, -0.15) is 0 Å². The number of anilines is 3. The van der Waals surface area contributed by atoms with Crippen LogP contribution in [0.25, 0.3) is 0 Å². The van der Waals surface area contributed by atoms with Crippen molar-refractivity contribution in [3.8, 4) is 0 Å². The third-order valence-electron chi connectivity index (χ3n) is 4.42. The number of pyridine rings is 1. The molecule has 0 saturated carbocycles. The molecule has 6 nitrogen and oxygen atoms in total. The molecule has 0 saturated heterocycles. The molecule has 0 aliphatic carbocycles. The first-order valence-electron chi connectivity index (χ1n) is 9.29. The van der Waals surface area contributed by atoms with Crippen molar-refractivity contribution in [3.05, 3.63) is 83.7 Å². The summed E-state index contributed by atoms with van der Waals surface area (Å²) in [6.07, 6.45) is 1.59. The zero-order valence-corrected chi connectivity index (χ0v) is 16.6. The van der Waals surface area contributed by atoms with Crippen LogP contribution in [0.1, 0.15) is 46.2 Å². The Bertz CT molecular complexity index is 997. The Hall–Kier alpha value is -3.67. The van der Waals surface area contributed by atoms with E-state index >= 15 is 0 Å². The van der Waals surface area contributed by atoms with E-state index in [1.54, 1.807) is 42.6 Å². The van der Waals surface area contributed by atoms with Gasteiger partial charge >= 0.3 is 5.97 Å². The minimum absolute atomic E-state index is 0.257. The normalized spacial score (nSPS) is 10.5. The summed E-state index contributed by atoms with van der Waals surface area (Å²) in [5.74, 6) is -0.337. The highest BCUT2D eigenvalue weighted by Gasteiger charge is 2.12. The molecule has 29 heavy (non-hydrogen) atoms. The Labute approximate surface area is 169 Å². The molecule has 0 atom stereocenters. The quantitative estimate of drug-likeness (QED) is 0.581. The van der Waals surface area contributed by atoms with Gasteiger partial charge in [-0.25, -0.2) is 9.78 Å². The number of ether oxygens (including phenoxy) is 1. The zero-order chi connectivity index (χ0) is 20.8. The summed E-state index contributed by atoms with van der Waals surface area (Å²) >= 11 is 0. The number of nitrogens with zero attached hydrogens (tertiary/aromatic N) is 1. The van der Waals surface area contributed by atoms with E-state index in [0.29, 0.717) is 17.2 Å². The van der Waals surface area contributed by atoms with Crippen LogP contribution in [0.3, 0.4) is 0 Å². The maximum Gasteiger partial charge on any atom is 0.337 e. The molecule has 0 aliphatic heterocycles. The van der Waals surface area contributed by atoms with Crippen molar-refractivity contribution in [2.75, 3.05) is 17.7 Å².